The highest BCUT2D eigenvalue weighted by Crippen LogP contribution is 1.99. The van der Waals surface area contributed by atoms with Crippen LogP contribution in [0.4, 0.5) is 0 Å². The van der Waals surface area contributed by atoms with Gasteiger partial charge in [-0.2, -0.15) is 0 Å². The summed E-state index contributed by atoms with van der Waals surface area (Å²) >= 11 is 0. The van der Waals surface area contributed by atoms with Crippen LogP contribution in [-0.4, -0.2) is 72.5 Å². The maximum Gasteiger partial charge on any atom is 0.0443 e. The standard InChI is InChI=1S/C15H30N2O2/c1-3-8-16(9-4-2)10-5-11-17(12-6-14-18)13-7-15-19/h3-4,18-19H,1-2,5-15H2. The maximum atomic E-state index is 8.89. The first-order valence-corrected chi connectivity index (χ1v) is 7.16. The van der Waals surface area contributed by atoms with Crippen LogP contribution in [0.25, 0.3) is 0 Å². The first-order valence-electron chi connectivity index (χ1n) is 7.16. The fraction of sp³-hybridized carbons (Fsp3) is 0.733. The summed E-state index contributed by atoms with van der Waals surface area (Å²) in [5.41, 5.74) is 0. The molecule has 0 heterocycles. The number of aliphatic hydroxyl groups excluding tert-OH is 2. The van der Waals surface area contributed by atoms with Gasteiger partial charge in [-0.05, 0) is 25.8 Å². The van der Waals surface area contributed by atoms with E-state index in [1.165, 1.54) is 0 Å². The number of aliphatic hydroxyl groups is 2. The van der Waals surface area contributed by atoms with Crippen LogP contribution in [0.3, 0.4) is 0 Å². The molecule has 0 amide bonds. The van der Waals surface area contributed by atoms with Crippen LogP contribution < -0.4 is 0 Å². The second-order valence-electron chi connectivity index (χ2n) is 4.69. The molecule has 2 N–H and O–H groups in total. The van der Waals surface area contributed by atoms with E-state index in [-0.39, 0.29) is 13.2 Å². The molecule has 0 unspecified atom stereocenters. The molecule has 112 valence electrons. The van der Waals surface area contributed by atoms with Crippen molar-refractivity contribution in [1.82, 2.24) is 9.80 Å². The van der Waals surface area contributed by atoms with E-state index in [1.807, 2.05) is 12.2 Å². The smallest absolute Gasteiger partial charge is 0.0443 e. The highest BCUT2D eigenvalue weighted by Gasteiger charge is 2.06. The zero-order chi connectivity index (χ0) is 14.3. The van der Waals surface area contributed by atoms with Crippen molar-refractivity contribution >= 4 is 0 Å². The Balaban J connectivity index is 3.91. The van der Waals surface area contributed by atoms with Crippen molar-refractivity contribution in [2.24, 2.45) is 0 Å². The summed E-state index contributed by atoms with van der Waals surface area (Å²) in [5, 5.41) is 17.8. The number of hydrogen-bond acceptors (Lipinski definition) is 4. The second kappa shape index (κ2) is 13.7. The van der Waals surface area contributed by atoms with E-state index in [0.29, 0.717) is 0 Å². The van der Waals surface area contributed by atoms with Crippen LogP contribution in [0.1, 0.15) is 19.3 Å². The minimum Gasteiger partial charge on any atom is -0.396 e. The van der Waals surface area contributed by atoms with Crippen molar-refractivity contribution < 1.29 is 10.2 Å². The molecule has 0 saturated carbocycles. The lowest BCUT2D eigenvalue weighted by molar-refractivity contribution is 0.193. The molecule has 4 nitrogen and oxygen atoms in total. The summed E-state index contributed by atoms with van der Waals surface area (Å²) < 4.78 is 0. The quantitative estimate of drug-likeness (QED) is 0.464. The summed E-state index contributed by atoms with van der Waals surface area (Å²) in [6.45, 7) is 13.6. The molecule has 0 aliphatic rings. The zero-order valence-corrected chi connectivity index (χ0v) is 12.1. The highest BCUT2D eigenvalue weighted by atomic mass is 16.3. The Morgan fingerprint density at radius 1 is 0.684 bits per heavy atom. The Kier molecular flexibility index (Phi) is 13.3. The van der Waals surface area contributed by atoms with Crippen LogP contribution >= 0.6 is 0 Å². The van der Waals surface area contributed by atoms with Gasteiger partial charge in [-0.1, -0.05) is 12.2 Å². The van der Waals surface area contributed by atoms with Crippen LogP contribution in [0, 0.1) is 0 Å². The average molecular weight is 270 g/mol. The van der Waals surface area contributed by atoms with E-state index >= 15 is 0 Å². The average Bonchev–Trinajstić information content (AvgIpc) is 2.41. The molecule has 0 rings (SSSR count). The van der Waals surface area contributed by atoms with Crippen molar-refractivity contribution in [3.63, 3.8) is 0 Å². The summed E-state index contributed by atoms with van der Waals surface area (Å²) in [6, 6.07) is 0. The van der Waals surface area contributed by atoms with E-state index in [2.05, 4.69) is 23.0 Å². The minimum atomic E-state index is 0.231. The van der Waals surface area contributed by atoms with E-state index in [9.17, 15) is 0 Å². The molecule has 0 atom stereocenters. The first kappa shape index (κ1) is 18.3. The Hall–Kier alpha value is -0.680. The summed E-state index contributed by atoms with van der Waals surface area (Å²) in [6.07, 6.45) is 6.51. The van der Waals surface area contributed by atoms with E-state index in [4.69, 9.17) is 10.2 Å². The predicted molar refractivity (Wildman–Crippen MR) is 81.3 cm³/mol. The molecule has 0 aromatic rings. The fourth-order valence-corrected chi connectivity index (χ4v) is 2.06. The SMILES string of the molecule is C=CCN(CC=C)CCCN(CCCO)CCCO. The maximum absolute atomic E-state index is 8.89. The normalized spacial score (nSPS) is 11.2. The van der Waals surface area contributed by atoms with Gasteiger partial charge in [-0.25, -0.2) is 0 Å². The molecule has 4 heteroatoms. The molecular weight excluding hydrogens is 240 g/mol. The van der Waals surface area contributed by atoms with Gasteiger partial charge in [0.1, 0.15) is 0 Å². The van der Waals surface area contributed by atoms with Gasteiger partial charge in [-0.15, -0.1) is 13.2 Å². The third-order valence-corrected chi connectivity index (χ3v) is 2.99. The Labute approximate surface area is 118 Å². The largest absolute Gasteiger partial charge is 0.396 e. The van der Waals surface area contributed by atoms with E-state index in [1.54, 1.807) is 0 Å². The number of rotatable bonds is 14. The molecule has 0 aromatic heterocycles. The summed E-state index contributed by atoms with van der Waals surface area (Å²) in [7, 11) is 0. The van der Waals surface area contributed by atoms with Crippen molar-refractivity contribution in [3.05, 3.63) is 25.3 Å². The van der Waals surface area contributed by atoms with Crippen LogP contribution in [0.2, 0.25) is 0 Å². The predicted octanol–water partition coefficient (Wildman–Crippen LogP) is 1.12. The topological polar surface area (TPSA) is 46.9 Å². The van der Waals surface area contributed by atoms with Gasteiger partial charge in [0.05, 0.1) is 0 Å². The summed E-state index contributed by atoms with van der Waals surface area (Å²) in [5.74, 6) is 0. The summed E-state index contributed by atoms with van der Waals surface area (Å²) in [4.78, 5) is 4.61. The highest BCUT2D eigenvalue weighted by molar-refractivity contribution is 4.79. The first-order chi connectivity index (χ1) is 9.28. The Morgan fingerprint density at radius 3 is 1.53 bits per heavy atom. The van der Waals surface area contributed by atoms with Gasteiger partial charge < -0.3 is 15.1 Å². The fourth-order valence-electron chi connectivity index (χ4n) is 2.06. The third-order valence-electron chi connectivity index (χ3n) is 2.99. The third kappa shape index (κ3) is 10.9. The van der Waals surface area contributed by atoms with Gasteiger partial charge in [0.15, 0.2) is 0 Å². The van der Waals surface area contributed by atoms with Crippen LogP contribution in [-0.2, 0) is 0 Å². The Morgan fingerprint density at radius 2 is 1.11 bits per heavy atom. The van der Waals surface area contributed by atoms with Gasteiger partial charge in [0.25, 0.3) is 0 Å². The lowest BCUT2D eigenvalue weighted by Crippen LogP contribution is -2.32. The zero-order valence-electron chi connectivity index (χ0n) is 12.1. The molecule has 0 radical (unpaired) electrons. The molecule has 19 heavy (non-hydrogen) atoms. The van der Waals surface area contributed by atoms with Crippen molar-refractivity contribution in [1.29, 1.82) is 0 Å². The van der Waals surface area contributed by atoms with E-state index in [0.717, 1.165) is 58.5 Å². The van der Waals surface area contributed by atoms with Crippen LogP contribution in [0.5, 0.6) is 0 Å². The molecular formula is C15H30N2O2. The van der Waals surface area contributed by atoms with E-state index < -0.39 is 0 Å². The molecule has 0 spiro atoms. The molecule has 0 bridgehead atoms. The molecule has 0 aliphatic heterocycles. The molecule has 0 aromatic carbocycles. The van der Waals surface area contributed by atoms with Gasteiger partial charge in [0, 0.05) is 45.9 Å². The lowest BCUT2D eigenvalue weighted by Gasteiger charge is -2.24. The van der Waals surface area contributed by atoms with Gasteiger partial charge in [0.2, 0.25) is 0 Å². The second-order valence-corrected chi connectivity index (χ2v) is 4.69. The Bertz CT molecular complexity index is 204. The molecule has 0 fully saturated rings. The molecule has 0 aliphatic carbocycles. The number of nitrogens with zero attached hydrogens (tertiary/aromatic N) is 2. The number of hydrogen-bond donors (Lipinski definition) is 2. The minimum absolute atomic E-state index is 0.231. The molecule has 0 saturated heterocycles. The van der Waals surface area contributed by atoms with Gasteiger partial charge in [-0.3, -0.25) is 4.90 Å². The lowest BCUT2D eigenvalue weighted by atomic mass is 10.3. The van der Waals surface area contributed by atoms with Crippen molar-refractivity contribution in [2.45, 2.75) is 19.3 Å². The monoisotopic (exact) mass is 270 g/mol. The van der Waals surface area contributed by atoms with Crippen molar-refractivity contribution in [3.8, 4) is 0 Å². The van der Waals surface area contributed by atoms with Gasteiger partial charge >= 0.3 is 0 Å². The van der Waals surface area contributed by atoms with Crippen molar-refractivity contribution in [2.75, 3.05) is 52.5 Å². The van der Waals surface area contributed by atoms with Crippen LogP contribution in [0.15, 0.2) is 25.3 Å².